The molecule has 4 aromatic rings. The summed E-state index contributed by atoms with van der Waals surface area (Å²) in [5.41, 5.74) is 2.93. The van der Waals surface area contributed by atoms with Crippen LogP contribution in [0.1, 0.15) is 21.7 Å². The fraction of sp³-hybridized carbons (Fsp3) is 0.0909. The van der Waals surface area contributed by atoms with Gasteiger partial charge in [0.1, 0.15) is 5.75 Å². The molecule has 0 bridgehead atoms. The van der Waals surface area contributed by atoms with Gasteiger partial charge in [-0.25, -0.2) is 4.68 Å². The van der Waals surface area contributed by atoms with Crippen LogP contribution >= 0.6 is 11.6 Å². The summed E-state index contributed by atoms with van der Waals surface area (Å²) in [6.45, 7) is 3.88. The van der Waals surface area contributed by atoms with Gasteiger partial charge in [-0.15, -0.1) is 10.2 Å². The van der Waals surface area contributed by atoms with Gasteiger partial charge in [0.2, 0.25) is 5.88 Å². The van der Waals surface area contributed by atoms with Crippen LogP contribution in [0.4, 0.5) is 5.69 Å². The Bertz CT molecular complexity index is 1190. The predicted molar refractivity (Wildman–Crippen MR) is 115 cm³/mol. The normalized spacial score (nSPS) is 10.6. The van der Waals surface area contributed by atoms with Crippen molar-refractivity contribution in [3.63, 3.8) is 0 Å². The number of carbonyl (C=O) groups excluding carboxylic acids is 1. The number of halogens is 1. The van der Waals surface area contributed by atoms with Crippen molar-refractivity contribution in [1.82, 2.24) is 20.0 Å². The number of ether oxygens (including phenoxy) is 1. The summed E-state index contributed by atoms with van der Waals surface area (Å²) in [6.07, 6.45) is 0. The average Bonchev–Trinajstić information content (AvgIpc) is 3.08. The highest BCUT2D eigenvalue weighted by atomic mass is 35.5. The van der Waals surface area contributed by atoms with Crippen LogP contribution in [0, 0.1) is 13.8 Å². The van der Waals surface area contributed by atoms with Crippen molar-refractivity contribution < 1.29 is 9.53 Å². The quantitative estimate of drug-likeness (QED) is 0.493. The molecule has 1 amide bonds. The second kappa shape index (κ2) is 8.34. The minimum Gasteiger partial charge on any atom is -0.438 e. The molecule has 4 rings (SSSR count). The second-order valence-electron chi connectivity index (χ2n) is 6.63. The van der Waals surface area contributed by atoms with Gasteiger partial charge in [0.25, 0.3) is 5.91 Å². The van der Waals surface area contributed by atoms with Gasteiger partial charge in [0.05, 0.1) is 16.3 Å². The number of nitrogens with zero attached hydrogens (tertiary/aromatic N) is 4. The maximum Gasteiger partial charge on any atom is 0.257 e. The number of hydrogen-bond donors (Lipinski definition) is 1. The molecule has 0 aliphatic carbocycles. The molecule has 0 saturated carbocycles. The lowest BCUT2D eigenvalue weighted by Crippen LogP contribution is -2.12. The minimum atomic E-state index is -0.278. The standard InChI is InChI=1S/C22H18ClN5O2/c1-14-13-15(2)28(27-14)20-11-12-21(26-25-20)30-17-9-7-16(8-10-17)24-22(29)18-5-3-4-6-19(18)23/h3-13H,1-2H3,(H,24,29). The lowest BCUT2D eigenvalue weighted by atomic mass is 10.2. The first-order chi connectivity index (χ1) is 14.5. The van der Waals surface area contributed by atoms with Crippen LogP contribution in [-0.4, -0.2) is 25.9 Å². The Hall–Kier alpha value is -3.71. The maximum atomic E-state index is 12.3. The van der Waals surface area contributed by atoms with Gasteiger partial charge in [-0.05, 0) is 62.4 Å². The summed E-state index contributed by atoms with van der Waals surface area (Å²) in [5, 5.41) is 15.9. The number of benzene rings is 2. The van der Waals surface area contributed by atoms with Crippen LogP contribution in [0.5, 0.6) is 11.6 Å². The highest BCUT2D eigenvalue weighted by Gasteiger charge is 2.10. The van der Waals surface area contributed by atoms with E-state index in [1.54, 1.807) is 65.3 Å². The largest absolute Gasteiger partial charge is 0.438 e. The number of anilines is 1. The van der Waals surface area contributed by atoms with Gasteiger partial charge in [0.15, 0.2) is 5.82 Å². The van der Waals surface area contributed by atoms with Gasteiger partial charge in [-0.2, -0.15) is 5.10 Å². The molecule has 0 saturated heterocycles. The van der Waals surface area contributed by atoms with Gasteiger partial charge in [-0.3, -0.25) is 4.79 Å². The van der Waals surface area contributed by atoms with Crippen molar-refractivity contribution in [3.8, 4) is 17.4 Å². The third-order valence-corrected chi connectivity index (χ3v) is 4.64. The van der Waals surface area contributed by atoms with Crippen LogP contribution < -0.4 is 10.1 Å². The molecule has 0 atom stereocenters. The topological polar surface area (TPSA) is 81.9 Å². The first-order valence-corrected chi connectivity index (χ1v) is 9.58. The van der Waals surface area contributed by atoms with E-state index >= 15 is 0 Å². The molecule has 0 unspecified atom stereocenters. The van der Waals surface area contributed by atoms with E-state index < -0.39 is 0 Å². The first kappa shape index (κ1) is 19.6. The van der Waals surface area contributed by atoms with Crippen LogP contribution in [0.2, 0.25) is 5.02 Å². The van der Waals surface area contributed by atoms with Gasteiger partial charge >= 0.3 is 0 Å². The monoisotopic (exact) mass is 419 g/mol. The molecule has 30 heavy (non-hydrogen) atoms. The maximum absolute atomic E-state index is 12.3. The molecule has 150 valence electrons. The van der Waals surface area contributed by atoms with E-state index in [1.807, 2.05) is 19.9 Å². The van der Waals surface area contributed by atoms with Crippen LogP contribution in [0.3, 0.4) is 0 Å². The molecule has 0 radical (unpaired) electrons. The smallest absolute Gasteiger partial charge is 0.257 e. The fourth-order valence-electron chi connectivity index (χ4n) is 2.91. The Morgan fingerprint density at radius 2 is 1.77 bits per heavy atom. The van der Waals surface area contributed by atoms with Crippen LogP contribution in [-0.2, 0) is 0 Å². The predicted octanol–water partition coefficient (Wildman–Crippen LogP) is 4.98. The summed E-state index contributed by atoms with van der Waals surface area (Å²) in [5.74, 6) is 1.26. The minimum absolute atomic E-state index is 0.278. The molecular formula is C22H18ClN5O2. The third kappa shape index (κ3) is 4.31. The zero-order valence-electron chi connectivity index (χ0n) is 16.3. The van der Waals surface area contributed by atoms with E-state index in [9.17, 15) is 4.79 Å². The van der Waals surface area contributed by atoms with E-state index in [0.717, 1.165) is 11.4 Å². The lowest BCUT2D eigenvalue weighted by Gasteiger charge is -2.09. The summed E-state index contributed by atoms with van der Waals surface area (Å²) >= 11 is 6.06. The first-order valence-electron chi connectivity index (χ1n) is 9.21. The molecule has 8 heteroatoms. The Morgan fingerprint density at radius 1 is 1.00 bits per heavy atom. The summed E-state index contributed by atoms with van der Waals surface area (Å²) in [6, 6.07) is 19.3. The molecule has 1 N–H and O–H groups in total. The molecule has 0 spiro atoms. The third-order valence-electron chi connectivity index (χ3n) is 4.31. The van der Waals surface area contributed by atoms with Crippen molar-refractivity contribution in [2.45, 2.75) is 13.8 Å². The van der Waals surface area contributed by atoms with Gasteiger partial charge < -0.3 is 10.1 Å². The number of rotatable bonds is 5. The number of hydrogen-bond acceptors (Lipinski definition) is 5. The van der Waals surface area contributed by atoms with Crippen molar-refractivity contribution >= 4 is 23.2 Å². The Morgan fingerprint density at radius 3 is 2.40 bits per heavy atom. The molecule has 2 heterocycles. The van der Waals surface area contributed by atoms with Crippen LogP contribution in [0.25, 0.3) is 5.82 Å². The molecular weight excluding hydrogens is 402 g/mol. The van der Waals surface area contributed by atoms with E-state index in [2.05, 4.69) is 20.6 Å². The van der Waals surface area contributed by atoms with E-state index in [1.165, 1.54) is 0 Å². The Balaban J connectivity index is 1.42. The van der Waals surface area contributed by atoms with Crippen molar-refractivity contribution in [3.05, 3.63) is 88.7 Å². The summed E-state index contributed by atoms with van der Waals surface area (Å²) in [7, 11) is 0. The van der Waals surface area contributed by atoms with E-state index in [-0.39, 0.29) is 5.91 Å². The molecule has 7 nitrogen and oxygen atoms in total. The number of aromatic nitrogens is 4. The molecule has 2 aromatic carbocycles. The summed E-state index contributed by atoms with van der Waals surface area (Å²) < 4.78 is 7.46. The van der Waals surface area contributed by atoms with E-state index in [0.29, 0.717) is 33.7 Å². The molecule has 0 aliphatic heterocycles. The van der Waals surface area contributed by atoms with E-state index in [4.69, 9.17) is 16.3 Å². The highest BCUT2D eigenvalue weighted by molar-refractivity contribution is 6.34. The molecule has 2 aromatic heterocycles. The zero-order chi connectivity index (χ0) is 21.1. The van der Waals surface area contributed by atoms with Gasteiger partial charge in [-0.1, -0.05) is 23.7 Å². The number of carbonyl (C=O) groups is 1. The van der Waals surface area contributed by atoms with Crippen molar-refractivity contribution in [2.24, 2.45) is 0 Å². The average molecular weight is 420 g/mol. The fourth-order valence-corrected chi connectivity index (χ4v) is 3.13. The van der Waals surface area contributed by atoms with Crippen molar-refractivity contribution in [1.29, 1.82) is 0 Å². The number of amides is 1. The van der Waals surface area contributed by atoms with Gasteiger partial charge in [0, 0.05) is 17.4 Å². The number of aryl methyl sites for hydroxylation is 2. The highest BCUT2D eigenvalue weighted by Crippen LogP contribution is 2.23. The lowest BCUT2D eigenvalue weighted by molar-refractivity contribution is 0.102. The Kier molecular flexibility index (Phi) is 5.45. The summed E-state index contributed by atoms with van der Waals surface area (Å²) in [4.78, 5) is 12.3. The van der Waals surface area contributed by atoms with Crippen LogP contribution in [0.15, 0.2) is 66.7 Å². The Labute approximate surface area is 178 Å². The zero-order valence-corrected chi connectivity index (χ0v) is 17.1. The molecule has 0 aliphatic rings. The molecule has 0 fully saturated rings. The number of nitrogens with one attached hydrogen (secondary N) is 1. The second-order valence-corrected chi connectivity index (χ2v) is 7.04. The van der Waals surface area contributed by atoms with Crippen molar-refractivity contribution in [2.75, 3.05) is 5.32 Å². The SMILES string of the molecule is Cc1cc(C)n(-c2ccc(Oc3ccc(NC(=O)c4ccccc4Cl)cc3)nn2)n1.